The van der Waals surface area contributed by atoms with Crippen molar-refractivity contribution in [1.82, 2.24) is 4.98 Å². The molecule has 0 aliphatic rings. The first kappa shape index (κ1) is 9.92. The predicted molar refractivity (Wildman–Crippen MR) is 51.0 cm³/mol. The molecule has 3 nitrogen and oxygen atoms in total. The maximum atomic E-state index is 9.36. The second-order valence-corrected chi connectivity index (χ2v) is 3.56. The first-order valence-corrected chi connectivity index (χ1v) is 4.51. The fraction of sp³-hybridized carbons (Fsp3) is 0.286. The highest BCUT2D eigenvalue weighted by Gasteiger charge is 2.10. The van der Waals surface area contributed by atoms with Gasteiger partial charge < -0.3 is 10.8 Å². The highest BCUT2D eigenvalue weighted by Crippen LogP contribution is 2.23. The molecule has 5 heteroatoms. The van der Waals surface area contributed by atoms with Crippen molar-refractivity contribution in [3.05, 3.63) is 27.5 Å². The summed E-state index contributed by atoms with van der Waals surface area (Å²) >= 11 is 8.94. The lowest BCUT2D eigenvalue weighted by atomic mass is 10.2. The van der Waals surface area contributed by atoms with Gasteiger partial charge in [-0.2, -0.15) is 0 Å². The Hall–Kier alpha value is -0.160. The molecule has 0 aromatic carbocycles. The molecular formula is C7H8BrClN2O. The van der Waals surface area contributed by atoms with E-state index in [1.54, 1.807) is 12.3 Å². The number of hydrogen-bond donors (Lipinski definition) is 2. The SMILES string of the molecule is NCC(O)c1cc(Br)cnc1Cl. The molecule has 0 spiro atoms. The molecule has 1 heterocycles. The summed E-state index contributed by atoms with van der Waals surface area (Å²) in [5, 5.41) is 9.65. The average Bonchev–Trinajstić information content (AvgIpc) is 2.08. The number of pyridine rings is 1. The van der Waals surface area contributed by atoms with Crippen LogP contribution in [0.1, 0.15) is 11.7 Å². The van der Waals surface area contributed by atoms with Gasteiger partial charge in [-0.3, -0.25) is 0 Å². The summed E-state index contributed by atoms with van der Waals surface area (Å²) in [4.78, 5) is 3.85. The molecule has 1 atom stereocenters. The molecule has 0 saturated heterocycles. The van der Waals surface area contributed by atoms with Crippen LogP contribution in [0.15, 0.2) is 16.7 Å². The molecule has 1 aromatic rings. The summed E-state index contributed by atoms with van der Waals surface area (Å²) in [6.45, 7) is 0.137. The van der Waals surface area contributed by atoms with E-state index in [0.29, 0.717) is 5.56 Å². The molecule has 66 valence electrons. The van der Waals surface area contributed by atoms with Crippen LogP contribution in [0.3, 0.4) is 0 Å². The van der Waals surface area contributed by atoms with E-state index in [-0.39, 0.29) is 11.7 Å². The molecule has 1 aromatic heterocycles. The van der Waals surface area contributed by atoms with Gasteiger partial charge >= 0.3 is 0 Å². The number of aliphatic hydroxyl groups is 1. The monoisotopic (exact) mass is 250 g/mol. The van der Waals surface area contributed by atoms with Crippen molar-refractivity contribution >= 4 is 27.5 Å². The summed E-state index contributed by atoms with van der Waals surface area (Å²) in [5.74, 6) is 0. The predicted octanol–water partition coefficient (Wildman–Crippen LogP) is 1.49. The van der Waals surface area contributed by atoms with Gasteiger partial charge in [0.1, 0.15) is 5.15 Å². The number of rotatable bonds is 2. The molecule has 1 rings (SSSR count). The Morgan fingerprint density at radius 1 is 1.75 bits per heavy atom. The number of halogens is 2. The van der Waals surface area contributed by atoms with Gasteiger partial charge in [-0.1, -0.05) is 11.6 Å². The number of aromatic nitrogens is 1. The summed E-state index contributed by atoms with van der Waals surface area (Å²) in [5.41, 5.74) is 5.82. The molecule has 0 fully saturated rings. The molecule has 1 unspecified atom stereocenters. The minimum atomic E-state index is -0.748. The van der Waals surface area contributed by atoms with Crippen molar-refractivity contribution in [3.63, 3.8) is 0 Å². The van der Waals surface area contributed by atoms with E-state index in [2.05, 4.69) is 20.9 Å². The lowest BCUT2D eigenvalue weighted by molar-refractivity contribution is 0.186. The first-order chi connectivity index (χ1) is 5.65. The van der Waals surface area contributed by atoms with Crippen LogP contribution in [0, 0.1) is 0 Å². The first-order valence-electron chi connectivity index (χ1n) is 3.34. The molecule has 12 heavy (non-hydrogen) atoms. The van der Waals surface area contributed by atoms with Gasteiger partial charge in [0.15, 0.2) is 0 Å². The minimum absolute atomic E-state index is 0.137. The number of aliphatic hydroxyl groups excluding tert-OH is 1. The van der Waals surface area contributed by atoms with Crippen LogP contribution in [-0.4, -0.2) is 16.6 Å². The average molecular weight is 252 g/mol. The van der Waals surface area contributed by atoms with Gasteiger partial charge in [0.25, 0.3) is 0 Å². The van der Waals surface area contributed by atoms with Crippen LogP contribution in [0.2, 0.25) is 5.15 Å². The Balaban J connectivity index is 3.04. The Labute approximate surface area is 83.7 Å². The minimum Gasteiger partial charge on any atom is -0.387 e. The number of nitrogens with zero attached hydrogens (tertiary/aromatic N) is 1. The summed E-state index contributed by atoms with van der Waals surface area (Å²) in [7, 11) is 0. The molecule has 0 radical (unpaired) electrons. The summed E-state index contributed by atoms with van der Waals surface area (Å²) < 4.78 is 0.773. The Morgan fingerprint density at radius 3 is 3.00 bits per heavy atom. The fourth-order valence-electron chi connectivity index (χ4n) is 0.799. The third-order valence-corrected chi connectivity index (χ3v) is 2.16. The van der Waals surface area contributed by atoms with Gasteiger partial charge in [-0.25, -0.2) is 4.98 Å². The van der Waals surface area contributed by atoms with Gasteiger partial charge in [0, 0.05) is 22.8 Å². The molecule has 3 N–H and O–H groups in total. The van der Waals surface area contributed by atoms with Crippen molar-refractivity contribution in [2.45, 2.75) is 6.10 Å². The van der Waals surface area contributed by atoms with Crippen LogP contribution < -0.4 is 5.73 Å². The van der Waals surface area contributed by atoms with Gasteiger partial charge in [0.2, 0.25) is 0 Å². The van der Waals surface area contributed by atoms with Gasteiger partial charge in [0.05, 0.1) is 6.10 Å². The molecule has 0 amide bonds. The van der Waals surface area contributed by atoms with Crippen LogP contribution in [0.5, 0.6) is 0 Å². The van der Waals surface area contributed by atoms with Gasteiger partial charge in [-0.05, 0) is 22.0 Å². The summed E-state index contributed by atoms with van der Waals surface area (Å²) in [6.07, 6.45) is 0.817. The number of hydrogen-bond acceptors (Lipinski definition) is 3. The van der Waals surface area contributed by atoms with E-state index in [0.717, 1.165) is 4.47 Å². The quantitative estimate of drug-likeness (QED) is 0.783. The van der Waals surface area contributed by atoms with Crippen molar-refractivity contribution in [2.24, 2.45) is 5.73 Å². The highest BCUT2D eigenvalue weighted by atomic mass is 79.9. The van der Waals surface area contributed by atoms with Crippen molar-refractivity contribution in [3.8, 4) is 0 Å². The highest BCUT2D eigenvalue weighted by molar-refractivity contribution is 9.10. The second kappa shape index (κ2) is 4.18. The second-order valence-electron chi connectivity index (χ2n) is 2.29. The lowest BCUT2D eigenvalue weighted by Crippen LogP contribution is -2.12. The van der Waals surface area contributed by atoms with E-state index in [4.69, 9.17) is 17.3 Å². The standard InChI is InChI=1S/C7H8BrClN2O/c8-4-1-5(6(12)2-10)7(9)11-3-4/h1,3,6,12H,2,10H2. The third kappa shape index (κ3) is 2.17. The van der Waals surface area contributed by atoms with Crippen molar-refractivity contribution in [2.75, 3.05) is 6.54 Å². The van der Waals surface area contributed by atoms with Crippen LogP contribution in [0.25, 0.3) is 0 Å². The zero-order valence-corrected chi connectivity index (χ0v) is 8.51. The Bertz CT molecular complexity index is 282. The van der Waals surface area contributed by atoms with Crippen LogP contribution in [0.4, 0.5) is 0 Å². The Morgan fingerprint density at radius 2 is 2.42 bits per heavy atom. The normalized spacial score (nSPS) is 13.0. The fourth-order valence-corrected chi connectivity index (χ4v) is 1.38. The smallest absolute Gasteiger partial charge is 0.134 e. The third-order valence-electron chi connectivity index (χ3n) is 1.42. The van der Waals surface area contributed by atoms with Crippen LogP contribution >= 0.6 is 27.5 Å². The largest absolute Gasteiger partial charge is 0.387 e. The number of nitrogens with two attached hydrogens (primary N) is 1. The zero-order valence-electron chi connectivity index (χ0n) is 6.17. The Kier molecular flexibility index (Phi) is 3.46. The molecule has 0 aliphatic heterocycles. The van der Waals surface area contributed by atoms with Gasteiger partial charge in [-0.15, -0.1) is 0 Å². The molecule has 0 bridgehead atoms. The lowest BCUT2D eigenvalue weighted by Gasteiger charge is -2.09. The summed E-state index contributed by atoms with van der Waals surface area (Å²) in [6, 6.07) is 1.70. The van der Waals surface area contributed by atoms with E-state index in [1.165, 1.54) is 0 Å². The van der Waals surface area contributed by atoms with E-state index < -0.39 is 6.10 Å². The molecule has 0 aliphatic carbocycles. The van der Waals surface area contributed by atoms with Crippen molar-refractivity contribution < 1.29 is 5.11 Å². The topological polar surface area (TPSA) is 59.1 Å². The van der Waals surface area contributed by atoms with E-state index in [1.807, 2.05) is 0 Å². The maximum absolute atomic E-state index is 9.36. The molecular weight excluding hydrogens is 243 g/mol. The van der Waals surface area contributed by atoms with Crippen LogP contribution in [-0.2, 0) is 0 Å². The van der Waals surface area contributed by atoms with Crippen molar-refractivity contribution in [1.29, 1.82) is 0 Å². The van der Waals surface area contributed by atoms with E-state index >= 15 is 0 Å². The zero-order chi connectivity index (χ0) is 9.14. The molecule has 0 saturated carbocycles. The maximum Gasteiger partial charge on any atom is 0.134 e. The van der Waals surface area contributed by atoms with E-state index in [9.17, 15) is 5.11 Å².